The maximum Gasteiger partial charge on any atom is 0.185 e. The van der Waals surface area contributed by atoms with Crippen LogP contribution in [0.3, 0.4) is 0 Å². The molecule has 1 aliphatic heterocycles. The van der Waals surface area contributed by atoms with E-state index >= 15 is 0 Å². The number of thiazole rings is 1. The molecule has 0 unspecified atom stereocenters. The lowest BCUT2D eigenvalue weighted by molar-refractivity contribution is 0.141. The van der Waals surface area contributed by atoms with Gasteiger partial charge in [0.1, 0.15) is 0 Å². The van der Waals surface area contributed by atoms with E-state index in [-0.39, 0.29) is 0 Å². The van der Waals surface area contributed by atoms with Crippen molar-refractivity contribution in [3.05, 3.63) is 11.6 Å². The fraction of sp³-hybridized carbons (Fsp3) is 0.812. The van der Waals surface area contributed by atoms with Crippen molar-refractivity contribution in [2.75, 3.05) is 43.0 Å². The molecule has 1 aliphatic rings. The lowest BCUT2D eigenvalue weighted by atomic mass is 9.80. The molecule has 1 aromatic heterocycles. The Bertz CT molecular complexity index is 382. The van der Waals surface area contributed by atoms with E-state index in [0.717, 1.165) is 18.4 Å². The van der Waals surface area contributed by atoms with Crippen LogP contribution >= 0.6 is 27.3 Å². The molecule has 0 saturated carbocycles. The van der Waals surface area contributed by atoms with Gasteiger partial charge in [-0.25, -0.2) is 4.98 Å². The first-order valence-electron chi connectivity index (χ1n) is 8.16. The second kappa shape index (κ2) is 8.49. The topological polar surface area (TPSA) is 19.4 Å². The van der Waals surface area contributed by atoms with Gasteiger partial charge < -0.3 is 4.90 Å². The van der Waals surface area contributed by atoms with Crippen molar-refractivity contribution in [2.45, 2.75) is 39.5 Å². The Kier molecular flexibility index (Phi) is 6.96. The van der Waals surface area contributed by atoms with Crippen molar-refractivity contribution < 1.29 is 0 Å². The highest BCUT2D eigenvalue weighted by Gasteiger charge is 2.31. The van der Waals surface area contributed by atoms with Gasteiger partial charge >= 0.3 is 0 Å². The molecule has 2 heterocycles. The predicted octanol–water partition coefficient (Wildman–Crippen LogP) is 4.25. The van der Waals surface area contributed by atoms with Crippen molar-refractivity contribution in [1.82, 2.24) is 9.88 Å². The lowest BCUT2D eigenvalue weighted by Crippen LogP contribution is -2.50. The van der Waals surface area contributed by atoms with E-state index in [4.69, 9.17) is 0 Å². The van der Waals surface area contributed by atoms with Gasteiger partial charge in [-0.1, -0.05) is 42.6 Å². The largest absolute Gasteiger partial charge is 0.346 e. The van der Waals surface area contributed by atoms with Crippen molar-refractivity contribution in [1.29, 1.82) is 0 Å². The Hall–Kier alpha value is -0.130. The summed E-state index contributed by atoms with van der Waals surface area (Å²) < 4.78 is 0. The molecule has 1 fully saturated rings. The molecule has 0 aliphatic carbocycles. The number of hydrogen-bond acceptors (Lipinski definition) is 4. The van der Waals surface area contributed by atoms with Gasteiger partial charge in [0.05, 0.1) is 0 Å². The fourth-order valence-corrected chi connectivity index (χ4v) is 4.90. The molecule has 0 N–H and O–H groups in total. The van der Waals surface area contributed by atoms with Crippen LogP contribution in [0.25, 0.3) is 0 Å². The minimum Gasteiger partial charge on any atom is -0.346 e. The van der Waals surface area contributed by atoms with Crippen LogP contribution in [0.2, 0.25) is 0 Å². The Morgan fingerprint density at radius 3 is 2.33 bits per heavy atom. The van der Waals surface area contributed by atoms with Crippen molar-refractivity contribution in [3.8, 4) is 0 Å². The van der Waals surface area contributed by atoms with Gasteiger partial charge in [0.25, 0.3) is 0 Å². The Morgan fingerprint density at radius 1 is 1.19 bits per heavy atom. The molecular formula is C16H28BrN3S. The number of anilines is 1. The highest BCUT2D eigenvalue weighted by atomic mass is 79.9. The lowest BCUT2D eigenvalue weighted by Gasteiger charge is -2.41. The first-order chi connectivity index (χ1) is 10.2. The molecule has 3 nitrogen and oxygen atoms in total. The van der Waals surface area contributed by atoms with Crippen LogP contribution in [-0.2, 0) is 0 Å². The summed E-state index contributed by atoms with van der Waals surface area (Å²) in [5.41, 5.74) is 0.465. The molecule has 2 rings (SSSR count). The number of alkyl halides is 1. The molecule has 0 bridgehead atoms. The maximum atomic E-state index is 4.43. The van der Waals surface area contributed by atoms with E-state index in [1.54, 1.807) is 11.3 Å². The molecule has 1 aromatic rings. The van der Waals surface area contributed by atoms with Gasteiger partial charge in [-0.05, 0) is 18.3 Å². The van der Waals surface area contributed by atoms with Gasteiger partial charge in [0.2, 0.25) is 0 Å². The van der Waals surface area contributed by atoms with Crippen molar-refractivity contribution >= 4 is 32.4 Å². The Morgan fingerprint density at radius 2 is 1.86 bits per heavy atom. The van der Waals surface area contributed by atoms with Crippen LogP contribution in [-0.4, -0.2) is 47.9 Å². The molecule has 0 atom stereocenters. The Balaban J connectivity index is 1.88. The third kappa shape index (κ3) is 4.67. The molecule has 0 spiro atoms. The van der Waals surface area contributed by atoms with Gasteiger partial charge in [-0.2, -0.15) is 0 Å². The van der Waals surface area contributed by atoms with Crippen LogP contribution in [0.4, 0.5) is 5.13 Å². The number of halogens is 1. The zero-order valence-corrected chi connectivity index (χ0v) is 15.8. The van der Waals surface area contributed by atoms with Crippen LogP contribution in [0.5, 0.6) is 0 Å². The van der Waals surface area contributed by atoms with Gasteiger partial charge in [0.15, 0.2) is 5.13 Å². The molecule has 1 saturated heterocycles. The van der Waals surface area contributed by atoms with E-state index < -0.39 is 0 Å². The van der Waals surface area contributed by atoms with Crippen LogP contribution in [0, 0.1) is 5.41 Å². The average molecular weight is 374 g/mol. The number of hydrogen-bond donors (Lipinski definition) is 0. The molecule has 5 heteroatoms. The Labute approximate surface area is 141 Å². The number of piperazine rings is 1. The SMILES string of the molecule is CCCC(CBr)(CCC)CN1CCN(c2nccs2)CC1. The average Bonchev–Trinajstić information content (AvgIpc) is 3.03. The second-order valence-electron chi connectivity index (χ2n) is 6.21. The van der Waals surface area contributed by atoms with Crippen molar-refractivity contribution in [3.63, 3.8) is 0 Å². The monoisotopic (exact) mass is 373 g/mol. The highest BCUT2D eigenvalue weighted by Crippen LogP contribution is 2.33. The number of aromatic nitrogens is 1. The van der Waals surface area contributed by atoms with Crippen molar-refractivity contribution in [2.24, 2.45) is 5.41 Å². The molecule has 0 radical (unpaired) electrons. The summed E-state index contributed by atoms with van der Waals surface area (Å²) in [6.07, 6.45) is 7.14. The number of rotatable bonds is 8. The zero-order chi connectivity index (χ0) is 15.1. The smallest absolute Gasteiger partial charge is 0.185 e. The van der Waals surface area contributed by atoms with E-state index in [0.29, 0.717) is 5.41 Å². The van der Waals surface area contributed by atoms with E-state index in [1.165, 1.54) is 50.4 Å². The molecule has 0 amide bonds. The van der Waals surface area contributed by atoms with Gasteiger partial charge in [0, 0.05) is 49.6 Å². The highest BCUT2D eigenvalue weighted by molar-refractivity contribution is 9.09. The van der Waals surface area contributed by atoms with Gasteiger partial charge in [-0.15, -0.1) is 11.3 Å². The summed E-state index contributed by atoms with van der Waals surface area (Å²) in [6.45, 7) is 10.4. The molecular weight excluding hydrogens is 346 g/mol. The first-order valence-corrected chi connectivity index (χ1v) is 10.2. The van der Waals surface area contributed by atoms with Crippen LogP contribution in [0.1, 0.15) is 39.5 Å². The first kappa shape index (κ1) is 17.2. The maximum absolute atomic E-state index is 4.43. The van der Waals surface area contributed by atoms with E-state index in [1.807, 2.05) is 6.20 Å². The van der Waals surface area contributed by atoms with Crippen LogP contribution < -0.4 is 4.90 Å². The second-order valence-corrected chi connectivity index (χ2v) is 7.65. The summed E-state index contributed by atoms with van der Waals surface area (Å²) in [5, 5.41) is 4.39. The summed E-state index contributed by atoms with van der Waals surface area (Å²) in [7, 11) is 0. The minimum atomic E-state index is 0.465. The third-order valence-electron chi connectivity index (χ3n) is 4.47. The minimum absolute atomic E-state index is 0.465. The molecule has 21 heavy (non-hydrogen) atoms. The molecule has 120 valence electrons. The molecule has 0 aromatic carbocycles. The summed E-state index contributed by atoms with van der Waals surface area (Å²) >= 11 is 5.55. The number of nitrogens with zero attached hydrogens (tertiary/aromatic N) is 3. The normalized spacial score (nSPS) is 17.4. The summed E-state index contributed by atoms with van der Waals surface area (Å²) in [4.78, 5) is 9.52. The van der Waals surface area contributed by atoms with E-state index in [9.17, 15) is 0 Å². The fourth-order valence-electron chi connectivity index (χ4n) is 3.46. The summed E-state index contributed by atoms with van der Waals surface area (Å²) in [5.74, 6) is 0. The predicted molar refractivity (Wildman–Crippen MR) is 96.8 cm³/mol. The third-order valence-corrected chi connectivity index (χ3v) is 6.49. The van der Waals surface area contributed by atoms with E-state index in [2.05, 4.69) is 49.9 Å². The summed E-state index contributed by atoms with van der Waals surface area (Å²) in [6, 6.07) is 0. The van der Waals surface area contributed by atoms with Gasteiger partial charge in [-0.3, -0.25) is 4.90 Å². The quantitative estimate of drug-likeness (QED) is 0.635. The zero-order valence-electron chi connectivity index (χ0n) is 13.4. The standard InChI is InChI=1S/C16H28BrN3S/c1-3-5-16(13-17,6-4-2)14-19-8-10-20(11-9-19)15-18-7-12-21-15/h7,12H,3-6,8-11,13-14H2,1-2H3. The van der Waals surface area contributed by atoms with Crippen LogP contribution in [0.15, 0.2) is 11.6 Å².